The van der Waals surface area contributed by atoms with Crippen molar-refractivity contribution in [1.29, 1.82) is 0 Å². The Hall–Kier alpha value is -0.720. The molecule has 6 heteroatoms. The highest BCUT2D eigenvalue weighted by Gasteiger charge is 1.98. The second kappa shape index (κ2) is 5.11. The quantitative estimate of drug-likeness (QED) is 0.510. The summed E-state index contributed by atoms with van der Waals surface area (Å²) in [6.45, 7) is 4.02. The second-order valence-electron chi connectivity index (χ2n) is 2.37. The second-order valence-corrected chi connectivity index (χ2v) is 3.16. The summed E-state index contributed by atoms with van der Waals surface area (Å²) in [5.41, 5.74) is 2.30. The molecule has 0 atom stereocenters. The maximum Gasteiger partial charge on any atom is 0.0777 e. The zero-order valence-corrected chi connectivity index (χ0v) is 7.99. The van der Waals surface area contributed by atoms with Crippen molar-refractivity contribution in [3.63, 3.8) is 0 Å². The summed E-state index contributed by atoms with van der Waals surface area (Å²) < 4.78 is 32.7. The van der Waals surface area contributed by atoms with E-state index in [0.29, 0.717) is 0 Å². The van der Waals surface area contributed by atoms with Gasteiger partial charge in [-0.05, 0) is 25.5 Å². The highest BCUT2D eigenvalue weighted by atomic mass is 35.7. The van der Waals surface area contributed by atoms with Crippen LogP contribution in [0.15, 0.2) is 18.3 Å². The molecule has 0 radical (unpaired) electrons. The fourth-order valence-corrected chi connectivity index (χ4v) is 0.542. The molecule has 1 aromatic rings. The number of aryl methyl sites for hydroxylation is 2. The Kier molecular flexibility index (Phi) is 4.82. The van der Waals surface area contributed by atoms with Gasteiger partial charge in [-0.25, -0.2) is 0 Å². The number of rotatable bonds is 0. The molecule has 1 aromatic heterocycles. The Bertz CT molecular complexity index is 217. The van der Waals surface area contributed by atoms with Gasteiger partial charge in [0.2, 0.25) is 0 Å². The van der Waals surface area contributed by atoms with E-state index in [1.165, 1.54) is 5.56 Å². The Balaban J connectivity index is 0.000000252. The van der Waals surface area contributed by atoms with Crippen molar-refractivity contribution in [2.75, 3.05) is 0 Å². The topological polar surface area (TPSA) is 102 Å². The van der Waals surface area contributed by atoms with E-state index in [0.717, 1.165) is 5.69 Å². The van der Waals surface area contributed by atoms with Gasteiger partial charge in [0, 0.05) is 11.9 Å². The number of hydrogen-bond donors (Lipinski definition) is 1. The molecule has 0 unspecified atom stereocenters. The lowest BCUT2D eigenvalue weighted by atomic mass is 10.3. The minimum atomic E-state index is -4.69. The van der Waals surface area contributed by atoms with Gasteiger partial charge in [0.25, 0.3) is 0 Å². The van der Waals surface area contributed by atoms with E-state index in [1.807, 2.05) is 26.1 Å². The van der Waals surface area contributed by atoms with E-state index in [9.17, 15) is 0 Å². The molecule has 0 aliphatic heterocycles. The maximum absolute atomic E-state index is 8.60. The monoisotopic (exact) mass is 207 g/mol. The van der Waals surface area contributed by atoms with E-state index in [1.54, 1.807) is 0 Å². The van der Waals surface area contributed by atoms with Crippen molar-refractivity contribution in [2.24, 2.45) is 0 Å². The summed E-state index contributed by atoms with van der Waals surface area (Å²) in [4.78, 5) is 4.08. The number of nitrogens with zero attached hydrogens (tertiary/aromatic N) is 1. The van der Waals surface area contributed by atoms with Crippen LogP contribution in [0.1, 0.15) is 11.3 Å². The number of hydrogen-bond acceptors (Lipinski definition) is 5. The van der Waals surface area contributed by atoms with Crippen molar-refractivity contribution in [1.82, 2.24) is 4.98 Å². The fraction of sp³-hybridized carbons (Fsp3) is 0.286. The van der Waals surface area contributed by atoms with Crippen LogP contribution >= 0.6 is 0 Å². The zero-order chi connectivity index (χ0) is 10.5. The van der Waals surface area contributed by atoms with Crippen LogP contribution in [0.5, 0.6) is 0 Å². The molecule has 0 saturated heterocycles. The van der Waals surface area contributed by atoms with Gasteiger partial charge in [-0.2, -0.15) is 14.0 Å². The third-order valence-corrected chi connectivity index (χ3v) is 1.06. The molecule has 0 aliphatic carbocycles. The van der Waals surface area contributed by atoms with Crippen LogP contribution in [-0.2, 0) is 0 Å². The van der Waals surface area contributed by atoms with Gasteiger partial charge in [0.05, 0.1) is 14.9 Å². The van der Waals surface area contributed by atoms with Crippen LogP contribution in [0.25, 0.3) is 0 Å². The SMILES string of the molecule is Cc1ccc(C)nc1.[O-][Cl+3]([O-])([O-])O. The van der Waals surface area contributed by atoms with Crippen molar-refractivity contribution >= 4 is 0 Å². The lowest BCUT2D eigenvalue weighted by molar-refractivity contribution is -1.92. The van der Waals surface area contributed by atoms with Crippen LogP contribution in [0, 0.1) is 24.1 Å². The average Bonchev–Trinajstić information content (AvgIpc) is 1.92. The van der Waals surface area contributed by atoms with Crippen molar-refractivity contribution in [2.45, 2.75) is 13.8 Å². The zero-order valence-electron chi connectivity index (χ0n) is 7.23. The molecule has 0 bridgehead atoms. The van der Waals surface area contributed by atoms with Gasteiger partial charge in [-0.1, -0.05) is 6.07 Å². The first kappa shape index (κ1) is 12.3. The van der Waals surface area contributed by atoms with E-state index < -0.39 is 10.2 Å². The predicted octanol–water partition coefficient (Wildman–Crippen LogP) is -2.43. The molecular weight excluding hydrogens is 198 g/mol. The molecule has 5 nitrogen and oxygen atoms in total. The minimum Gasteiger partial charge on any atom is -0.261 e. The summed E-state index contributed by atoms with van der Waals surface area (Å²) in [6.07, 6.45) is 1.87. The van der Waals surface area contributed by atoms with Crippen LogP contribution in [0.2, 0.25) is 0 Å². The van der Waals surface area contributed by atoms with Gasteiger partial charge in [0.1, 0.15) is 0 Å². The van der Waals surface area contributed by atoms with Crippen molar-refractivity contribution in [3.8, 4) is 0 Å². The fourth-order valence-electron chi connectivity index (χ4n) is 0.542. The summed E-state index contributed by atoms with van der Waals surface area (Å²) in [5.74, 6) is 0. The number of aromatic nitrogens is 1. The first-order chi connectivity index (χ1) is 5.79. The minimum absolute atomic E-state index is 1.08. The molecule has 0 aliphatic rings. The first-order valence-corrected chi connectivity index (χ1v) is 4.58. The highest BCUT2D eigenvalue weighted by molar-refractivity contribution is 5.10. The normalized spacial score (nSPS) is 10.3. The Morgan fingerprint density at radius 2 is 1.69 bits per heavy atom. The predicted molar refractivity (Wildman–Crippen MR) is 35.9 cm³/mol. The van der Waals surface area contributed by atoms with Gasteiger partial charge in [0.15, 0.2) is 0 Å². The first-order valence-electron chi connectivity index (χ1n) is 3.31. The van der Waals surface area contributed by atoms with Crippen LogP contribution in [0.3, 0.4) is 0 Å². The molecule has 0 amide bonds. The molecule has 1 N–H and O–H groups in total. The van der Waals surface area contributed by atoms with E-state index in [2.05, 4.69) is 11.1 Å². The highest BCUT2D eigenvalue weighted by Crippen LogP contribution is 1.94. The van der Waals surface area contributed by atoms with Crippen molar-refractivity contribution in [3.05, 3.63) is 29.6 Å². The van der Waals surface area contributed by atoms with Gasteiger partial charge >= 0.3 is 0 Å². The molecule has 0 aromatic carbocycles. The third-order valence-electron chi connectivity index (χ3n) is 1.06. The smallest absolute Gasteiger partial charge is 0.0777 e. The van der Waals surface area contributed by atoms with Crippen LogP contribution in [-0.4, -0.2) is 9.64 Å². The largest absolute Gasteiger partial charge is 0.261 e. The lowest BCUT2D eigenvalue weighted by Crippen LogP contribution is -2.58. The molecule has 0 fully saturated rings. The van der Waals surface area contributed by atoms with E-state index >= 15 is 0 Å². The molecule has 0 saturated carbocycles. The van der Waals surface area contributed by atoms with Gasteiger partial charge in [-0.15, -0.1) is 0 Å². The maximum atomic E-state index is 8.60. The summed E-state index contributed by atoms with van der Waals surface area (Å²) in [7, 11) is -4.69. The molecule has 13 heavy (non-hydrogen) atoms. The number of halogens is 1. The van der Waals surface area contributed by atoms with Gasteiger partial charge in [-0.3, -0.25) is 4.98 Å². The van der Waals surface area contributed by atoms with Crippen molar-refractivity contribution < 1.29 is 28.9 Å². The number of pyridine rings is 1. The van der Waals surface area contributed by atoms with Crippen LogP contribution < -0.4 is 14.0 Å². The molecule has 0 spiro atoms. The average molecular weight is 208 g/mol. The standard InChI is InChI=1S/C7H9N.ClHO4/c1-6-3-4-7(2)8-5-6;2-1(3,4)5/h3-5H,1-2H3;(H,2,3,4,5). The third kappa shape index (κ3) is 11.3. The summed E-state index contributed by atoms with van der Waals surface area (Å²) in [6, 6.07) is 4.07. The Morgan fingerprint density at radius 3 is 1.92 bits per heavy atom. The van der Waals surface area contributed by atoms with Gasteiger partial charge < -0.3 is 0 Å². The Labute approximate surface area is 78.0 Å². The molecule has 1 heterocycles. The molecule has 74 valence electrons. The molecule has 1 rings (SSSR count). The Morgan fingerprint density at radius 1 is 1.23 bits per heavy atom. The summed E-state index contributed by atoms with van der Waals surface area (Å²) in [5, 5.41) is 0. The van der Waals surface area contributed by atoms with Crippen LogP contribution in [0.4, 0.5) is 0 Å². The van der Waals surface area contributed by atoms with E-state index in [-0.39, 0.29) is 0 Å². The lowest BCUT2D eigenvalue weighted by Gasteiger charge is -2.03. The van der Waals surface area contributed by atoms with E-state index in [4.69, 9.17) is 18.6 Å². The summed E-state index contributed by atoms with van der Waals surface area (Å²) >= 11 is 0. The molecular formula is C7H10ClNO4.